The lowest BCUT2D eigenvalue weighted by Crippen LogP contribution is -2.30. The highest BCUT2D eigenvalue weighted by Gasteiger charge is 2.41. The molecule has 0 spiro atoms. The molecule has 2 aliphatic rings. The molecule has 0 aromatic heterocycles. The zero-order valence-corrected chi connectivity index (χ0v) is 20.4. The van der Waals surface area contributed by atoms with Gasteiger partial charge in [0.25, 0.3) is 5.24 Å². The van der Waals surface area contributed by atoms with Crippen molar-refractivity contribution in [1.29, 1.82) is 0 Å². The van der Waals surface area contributed by atoms with Crippen LogP contribution < -0.4 is 10.1 Å². The number of ether oxygens (including phenoxy) is 1. The minimum Gasteiger partial charge on any atom is -0.491 e. The quantitative estimate of drug-likeness (QED) is 0.494. The van der Waals surface area contributed by atoms with Crippen molar-refractivity contribution in [2.24, 2.45) is 5.41 Å². The van der Waals surface area contributed by atoms with E-state index < -0.39 is 25.0 Å². The molecule has 2 atom stereocenters. The molecule has 1 N–H and O–H groups in total. The van der Waals surface area contributed by atoms with E-state index in [1.54, 1.807) is 36.4 Å². The fourth-order valence-electron chi connectivity index (χ4n) is 3.35. The Labute approximate surface area is 201 Å². The number of thioether (sulfide) groups is 1. The number of imide groups is 1. The number of halogens is 1. The number of phosphoric ester groups is 1. The van der Waals surface area contributed by atoms with E-state index in [-0.39, 0.29) is 41.9 Å². The van der Waals surface area contributed by atoms with Gasteiger partial charge in [-0.2, -0.15) is 0 Å². The standard InChI is InChI=1S/C23H25FNO7PS/c1-23(2)13-30-33(28,31-14-23)32-19(17-5-3-4-6-18(17)24)12-29-16-9-7-15(8-10-16)11-20-21(26)25-22(27)34-20/h3-10,19-20H,11-14H2,1-2H3,(H,25,26,27). The van der Waals surface area contributed by atoms with Crippen LogP contribution in [0.1, 0.15) is 31.1 Å². The Morgan fingerprint density at radius 3 is 2.44 bits per heavy atom. The molecule has 11 heteroatoms. The fraction of sp³-hybridized carbons (Fsp3) is 0.391. The molecule has 4 rings (SSSR count). The summed E-state index contributed by atoms with van der Waals surface area (Å²) in [6, 6.07) is 13.0. The second kappa shape index (κ2) is 10.2. The summed E-state index contributed by atoms with van der Waals surface area (Å²) >= 11 is 0.969. The van der Waals surface area contributed by atoms with E-state index in [0.29, 0.717) is 12.2 Å². The van der Waals surface area contributed by atoms with Crippen LogP contribution in [-0.4, -0.2) is 36.2 Å². The zero-order chi connectivity index (χ0) is 24.3. The number of amides is 2. The maximum absolute atomic E-state index is 14.5. The topological polar surface area (TPSA) is 100 Å². The molecule has 2 unspecified atom stereocenters. The van der Waals surface area contributed by atoms with E-state index in [0.717, 1.165) is 17.3 Å². The molecule has 2 aromatic rings. The van der Waals surface area contributed by atoms with Gasteiger partial charge in [-0.25, -0.2) is 8.96 Å². The number of nitrogens with one attached hydrogen (secondary N) is 1. The van der Waals surface area contributed by atoms with Crippen LogP contribution in [0.3, 0.4) is 0 Å². The predicted molar refractivity (Wildman–Crippen MR) is 124 cm³/mol. The molecule has 0 saturated carbocycles. The summed E-state index contributed by atoms with van der Waals surface area (Å²) in [4.78, 5) is 23.1. The lowest BCUT2D eigenvalue weighted by Gasteiger charge is -2.34. The van der Waals surface area contributed by atoms with Crippen molar-refractivity contribution in [2.75, 3.05) is 19.8 Å². The van der Waals surface area contributed by atoms with Gasteiger partial charge in [-0.1, -0.05) is 55.9 Å². The van der Waals surface area contributed by atoms with Crippen LogP contribution in [0.15, 0.2) is 48.5 Å². The van der Waals surface area contributed by atoms with Gasteiger partial charge in [-0.15, -0.1) is 0 Å². The molecule has 0 radical (unpaired) electrons. The zero-order valence-electron chi connectivity index (χ0n) is 18.7. The maximum Gasteiger partial charge on any atom is 0.475 e. The van der Waals surface area contributed by atoms with Gasteiger partial charge in [-0.3, -0.25) is 28.5 Å². The molecule has 2 heterocycles. The van der Waals surface area contributed by atoms with E-state index in [2.05, 4.69) is 5.32 Å². The second-order valence-corrected chi connectivity index (χ2v) is 11.6. The highest BCUT2D eigenvalue weighted by Crippen LogP contribution is 2.57. The summed E-state index contributed by atoms with van der Waals surface area (Å²) in [5.41, 5.74) is 0.710. The number of rotatable bonds is 8. The first-order valence-corrected chi connectivity index (χ1v) is 13.0. The van der Waals surface area contributed by atoms with E-state index in [9.17, 15) is 18.5 Å². The number of carbonyl (C=O) groups is 2. The third-order valence-corrected chi connectivity index (χ3v) is 7.63. The Morgan fingerprint density at radius 2 is 1.82 bits per heavy atom. The summed E-state index contributed by atoms with van der Waals surface area (Å²) in [6.07, 6.45) is -0.643. The Bertz CT molecular complexity index is 1100. The second-order valence-electron chi connectivity index (χ2n) is 8.82. The highest BCUT2D eigenvalue weighted by atomic mass is 32.2. The number of hydrogen-bond donors (Lipinski definition) is 1. The van der Waals surface area contributed by atoms with Crippen LogP contribution in [0.25, 0.3) is 0 Å². The molecule has 2 saturated heterocycles. The minimum atomic E-state index is -3.91. The van der Waals surface area contributed by atoms with Gasteiger partial charge in [0.1, 0.15) is 24.3 Å². The van der Waals surface area contributed by atoms with Gasteiger partial charge in [0.2, 0.25) is 5.91 Å². The monoisotopic (exact) mass is 509 g/mol. The van der Waals surface area contributed by atoms with E-state index >= 15 is 0 Å². The van der Waals surface area contributed by atoms with E-state index in [1.807, 2.05) is 13.8 Å². The smallest absolute Gasteiger partial charge is 0.475 e. The Morgan fingerprint density at radius 1 is 1.15 bits per heavy atom. The number of phosphoric acid groups is 1. The van der Waals surface area contributed by atoms with Crippen molar-refractivity contribution in [3.63, 3.8) is 0 Å². The first kappa shape index (κ1) is 24.9. The molecule has 182 valence electrons. The van der Waals surface area contributed by atoms with Gasteiger partial charge in [0.05, 0.1) is 18.5 Å². The third-order valence-electron chi connectivity index (χ3n) is 5.25. The van der Waals surface area contributed by atoms with Crippen LogP contribution in [0.4, 0.5) is 9.18 Å². The Kier molecular flexibility index (Phi) is 7.45. The van der Waals surface area contributed by atoms with Gasteiger partial charge in [-0.05, 0) is 30.2 Å². The van der Waals surface area contributed by atoms with Crippen molar-refractivity contribution >= 4 is 30.7 Å². The fourth-order valence-corrected chi connectivity index (χ4v) is 5.91. The Hall–Kier alpha value is -2.23. The van der Waals surface area contributed by atoms with Crippen molar-refractivity contribution in [1.82, 2.24) is 5.32 Å². The first-order chi connectivity index (χ1) is 16.1. The summed E-state index contributed by atoms with van der Waals surface area (Å²) < 4.78 is 49.7. The van der Waals surface area contributed by atoms with Crippen LogP contribution in [0.5, 0.6) is 5.75 Å². The summed E-state index contributed by atoms with van der Waals surface area (Å²) in [6.45, 7) is 4.04. The van der Waals surface area contributed by atoms with Gasteiger partial charge < -0.3 is 4.74 Å². The molecule has 2 amide bonds. The SMILES string of the molecule is CC1(C)COP(=O)(OC(COc2ccc(CC3SC(=O)NC3=O)cc2)c2ccccc2F)OC1. The largest absolute Gasteiger partial charge is 0.491 e. The molecule has 0 bridgehead atoms. The molecule has 34 heavy (non-hydrogen) atoms. The molecule has 0 aliphatic carbocycles. The van der Waals surface area contributed by atoms with Gasteiger partial charge in [0.15, 0.2) is 0 Å². The molecular weight excluding hydrogens is 484 g/mol. The van der Waals surface area contributed by atoms with Crippen molar-refractivity contribution in [3.8, 4) is 5.75 Å². The van der Waals surface area contributed by atoms with Crippen molar-refractivity contribution in [2.45, 2.75) is 31.6 Å². The van der Waals surface area contributed by atoms with Crippen LogP contribution in [0, 0.1) is 11.2 Å². The van der Waals surface area contributed by atoms with Crippen LogP contribution >= 0.6 is 19.6 Å². The van der Waals surface area contributed by atoms with Crippen molar-refractivity contribution < 1.29 is 36.9 Å². The third kappa shape index (κ3) is 6.25. The molecular formula is C23H25FNO7PS. The molecule has 2 fully saturated rings. The van der Waals surface area contributed by atoms with Crippen LogP contribution in [0.2, 0.25) is 0 Å². The summed E-state index contributed by atoms with van der Waals surface area (Å²) in [5.74, 6) is -0.360. The average molecular weight is 509 g/mol. The number of carbonyl (C=O) groups excluding carboxylic acids is 2. The maximum atomic E-state index is 14.5. The summed E-state index contributed by atoms with van der Waals surface area (Å²) in [7, 11) is -3.91. The normalized spacial score (nSPS) is 22.3. The highest BCUT2D eigenvalue weighted by molar-refractivity contribution is 8.15. The van der Waals surface area contributed by atoms with Gasteiger partial charge >= 0.3 is 7.82 Å². The van der Waals surface area contributed by atoms with E-state index in [4.69, 9.17) is 18.3 Å². The van der Waals surface area contributed by atoms with E-state index in [1.165, 1.54) is 12.1 Å². The van der Waals surface area contributed by atoms with Crippen LogP contribution in [-0.2, 0) is 29.4 Å². The lowest BCUT2D eigenvalue weighted by molar-refractivity contribution is -0.118. The first-order valence-electron chi connectivity index (χ1n) is 10.7. The molecule has 8 nitrogen and oxygen atoms in total. The lowest BCUT2D eigenvalue weighted by atomic mass is 9.97. The average Bonchev–Trinajstić information content (AvgIpc) is 3.11. The van der Waals surface area contributed by atoms with Crippen molar-refractivity contribution in [3.05, 3.63) is 65.5 Å². The number of benzene rings is 2. The summed E-state index contributed by atoms with van der Waals surface area (Å²) in [5, 5.41) is 1.46. The Balaban J connectivity index is 1.42. The molecule has 2 aromatic carbocycles. The van der Waals surface area contributed by atoms with Gasteiger partial charge in [0, 0.05) is 11.0 Å². The molecule has 2 aliphatic heterocycles. The predicted octanol–water partition coefficient (Wildman–Crippen LogP) is 5.04. The minimum absolute atomic E-state index is 0.143. The number of hydrogen-bond acceptors (Lipinski definition) is 8.